The highest BCUT2D eigenvalue weighted by molar-refractivity contribution is 7.89. The molecular formula is C16H17NO4S. The second-order valence-electron chi connectivity index (χ2n) is 4.99. The number of carboxylic acids is 1. The molecule has 0 spiro atoms. The van der Waals surface area contributed by atoms with E-state index in [9.17, 15) is 18.3 Å². The fraction of sp³-hybridized carbons (Fsp3) is 0.188. The van der Waals surface area contributed by atoms with E-state index >= 15 is 0 Å². The number of carboxylic acid groups (broad SMARTS) is 1. The number of benzene rings is 2. The summed E-state index contributed by atoms with van der Waals surface area (Å²) in [6, 6.07) is 13.3. The highest BCUT2D eigenvalue weighted by Gasteiger charge is 2.33. The summed E-state index contributed by atoms with van der Waals surface area (Å²) in [7, 11) is -2.62. The zero-order valence-corrected chi connectivity index (χ0v) is 13.1. The van der Waals surface area contributed by atoms with Crippen molar-refractivity contribution in [3.63, 3.8) is 0 Å². The van der Waals surface area contributed by atoms with Gasteiger partial charge < -0.3 is 5.11 Å². The van der Waals surface area contributed by atoms with E-state index < -0.39 is 22.0 Å². The molecule has 22 heavy (non-hydrogen) atoms. The number of carbonyl (C=O) groups is 1. The molecule has 2 aromatic rings. The molecule has 0 aromatic heterocycles. The quantitative estimate of drug-likeness (QED) is 0.918. The van der Waals surface area contributed by atoms with Crippen molar-refractivity contribution in [3.8, 4) is 0 Å². The van der Waals surface area contributed by atoms with Crippen molar-refractivity contribution in [1.82, 2.24) is 4.31 Å². The third-order valence-electron chi connectivity index (χ3n) is 3.41. The topological polar surface area (TPSA) is 74.7 Å². The lowest BCUT2D eigenvalue weighted by Crippen LogP contribution is -2.35. The molecule has 2 rings (SSSR count). The summed E-state index contributed by atoms with van der Waals surface area (Å²) in [4.78, 5) is 11.6. The van der Waals surface area contributed by atoms with E-state index in [2.05, 4.69) is 0 Å². The SMILES string of the molecule is Cc1ccc(S(=O)(=O)N(C)[C@@H](C(=O)O)c2ccccc2)cc1. The summed E-state index contributed by atoms with van der Waals surface area (Å²) >= 11 is 0. The predicted molar refractivity (Wildman–Crippen MR) is 82.9 cm³/mol. The largest absolute Gasteiger partial charge is 0.480 e. The summed E-state index contributed by atoms with van der Waals surface area (Å²) in [5.74, 6) is -1.22. The van der Waals surface area contributed by atoms with E-state index in [4.69, 9.17) is 0 Å². The van der Waals surface area contributed by atoms with Crippen molar-refractivity contribution in [2.75, 3.05) is 7.05 Å². The zero-order valence-electron chi connectivity index (χ0n) is 12.3. The zero-order chi connectivity index (χ0) is 16.3. The van der Waals surface area contributed by atoms with E-state index in [1.54, 1.807) is 42.5 Å². The van der Waals surface area contributed by atoms with E-state index in [1.807, 2.05) is 6.92 Å². The van der Waals surface area contributed by atoms with Gasteiger partial charge in [-0.3, -0.25) is 4.79 Å². The first kappa shape index (κ1) is 16.2. The van der Waals surface area contributed by atoms with Gasteiger partial charge in [0.25, 0.3) is 0 Å². The molecule has 0 amide bonds. The molecule has 0 heterocycles. The Kier molecular flexibility index (Phi) is 4.63. The second-order valence-corrected chi connectivity index (χ2v) is 6.98. The minimum Gasteiger partial charge on any atom is -0.480 e. The van der Waals surface area contributed by atoms with Gasteiger partial charge in [0, 0.05) is 7.05 Å². The lowest BCUT2D eigenvalue weighted by molar-refractivity contribution is -0.141. The lowest BCUT2D eigenvalue weighted by Gasteiger charge is -2.24. The van der Waals surface area contributed by atoms with Crippen molar-refractivity contribution in [3.05, 3.63) is 65.7 Å². The van der Waals surface area contributed by atoms with Crippen LogP contribution in [0.3, 0.4) is 0 Å². The van der Waals surface area contributed by atoms with Crippen LogP contribution in [-0.2, 0) is 14.8 Å². The van der Waals surface area contributed by atoms with Crippen LogP contribution in [0.2, 0.25) is 0 Å². The van der Waals surface area contributed by atoms with Crippen molar-refractivity contribution >= 4 is 16.0 Å². The third-order valence-corrected chi connectivity index (χ3v) is 5.25. The summed E-state index contributed by atoms with van der Waals surface area (Å²) in [6.45, 7) is 1.85. The van der Waals surface area contributed by atoms with Gasteiger partial charge in [-0.15, -0.1) is 0 Å². The maximum atomic E-state index is 12.6. The molecule has 0 aliphatic rings. The molecular weight excluding hydrogens is 302 g/mol. The van der Waals surface area contributed by atoms with E-state index in [0.29, 0.717) is 5.56 Å². The Labute approximate surface area is 129 Å². The Morgan fingerprint density at radius 1 is 1.05 bits per heavy atom. The highest BCUT2D eigenvalue weighted by Crippen LogP contribution is 2.26. The molecule has 0 saturated heterocycles. The van der Waals surface area contributed by atoms with Gasteiger partial charge in [-0.2, -0.15) is 4.31 Å². The molecule has 2 aromatic carbocycles. The summed E-state index contributed by atoms with van der Waals surface area (Å²) in [6.07, 6.45) is 0. The normalized spacial score (nSPS) is 13.0. The molecule has 0 bridgehead atoms. The first-order valence-electron chi connectivity index (χ1n) is 6.66. The van der Waals surface area contributed by atoms with Crippen LogP contribution in [0.15, 0.2) is 59.5 Å². The molecule has 0 radical (unpaired) electrons. The van der Waals surface area contributed by atoms with Crippen LogP contribution < -0.4 is 0 Å². The van der Waals surface area contributed by atoms with Crippen LogP contribution in [0.4, 0.5) is 0 Å². The van der Waals surface area contributed by atoms with Gasteiger partial charge in [-0.05, 0) is 24.6 Å². The number of likely N-dealkylation sites (N-methyl/N-ethyl adjacent to an activating group) is 1. The number of hydrogen-bond acceptors (Lipinski definition) is 3. The number of nitrogens with zero attached hydrogens (tertiary/aromatic N) is 1. The summed E-state index contributed by atoms with van der Waals surface area (Å²) < 4.78 is 26.1. The predicted octanol–water partition coefficient (Wildman–Crippen LogP) is 2.44. The van der Waals surface area contributed by atoms with Gasteiger partial charge in [0.05, 0.1) is 4.90 Å². The summed E-state index contributed by atoms with van der Waals surface area (Å²) in [5.41, 5.74) is 1.34. The van der Waals surface area contributed by atoms with E-state index in [0.717, 1.165) is 9.87 Å². The lowest BCUT2D eigenvalue weighted by atomic mass is 10.1. The van der Waals surface area contributed by atoms with Gasteiger partial charge in [0.15, 0.2) is 0 Å². The number of sulfonamides is 1. The Morgan fingerprint density at radius 2 is 1.59 bits per heavy atom. The Hall–Kier alpha value is -2.18. The van der Waals surface area contributed by atoms with Crippen LogP contribution >= 0.6 is 0 Å². The fourth-order valence-corrected chi connectivity index (χ4v) is 3.46. The number of rotatable bonds is 5. The molecule has 0 fully saturated rings. The second kappa shape index (κ2) is 6.29. The van der Waals surface area contributed by atoms with Crippen LogP contribution in [0, 0.1) is 6.92 Å². The third kappa shape index (κ3) is 3.18. The summed E-state index contributed by atoms with van der Waals surface area (Å²) in [5, 5.41) is 9.45. The van der Waals surface area contributed by atoms with Gasteiger partial charge in [-0.25, -0.2) is 8.42 Å². The van der Waals surface area contributed by atoms with Crippen molar-refractivity contribution in [1.29, 1.82) is 0 Å². The average molecular weight is 319 g/mol. The Balaban J connectivity index is 2.44. The van der Waals surface area contributed by atoms with Crippen molar-refractivity contribution in [2.45, 2.75) is 17.9 Å². The van der Waals surface area contributed by atoms with Crippen LogP contribution in [0.5, 0.6) is 0 Å². The van der Waals surface area contributed by atoms with Crippen molar-refractivity contribution < 1.29 is 18.3 Å². The maximum absolute atomic E-state index is 12.6. The van der Waals surface area contributed by atoms with Gasteiger partial charge in [-0.1, -0.05) is 48.0 Å². The monoisotopic (exact) mass is 319 g/mol. The Morgan fingerprint density at radius 3 is 2.09 bits per heavy atom. The van der Waals surface area contributed by atoms with Crippen LogP contribution in [0.25, 0.3) is 0 Å². The molecule has 116 valence electrons. The van der Waals surface area contributed by atoms with Gasteiger partial charge in [0.2, 0.25) is 10.0 Å². The van der Waals surface area contributed by atoms with Crippen molar-refractivity contribution in [2.24, 2.45) is 0 Å². The molecule has 0 unspecified atom stereocenters. The van der Waals surface area contributed by atoms with Gasteiger partial charge >= 0.3 is 5.97 Å². The Bertz CT molecular complexity index is 754. The van der Waals surface area contributed by atoms with E-state index in [-0.39, 0.29) is 4.90 Å². The molecule has 0 saturated carbocycles. The molecule has 5 nitrogen and oxygen atoms in total. The van der Waals surface area contributed by atoms with Crippen LogP contribution in [-0.4, -0.2) is 30.8 Å². The molecule has 0 aliphatic heterocycles. The minimum atomic E-state index is -3.90. The number of hydrogen-bond donors (Lipinski definition) is 1. The minimum absolute atomic E-state index is 0.0720. The molecule has 1 N–H and O–H groups in total. The average Bonchev–Trinajstić information content (AvgIpc) is 2.48. The molecule has 0 aliphatic carbocycles. The number of aryl methyl sites for hydroxylation is 1. The highest BCUT2D eigenvalue weighted by atomic mass is 32.2. The van der Waals surface area contributed by atoms with E-state index in [1.165, 1.54) is 19.2 Å². The van der Waals surface area contributed by atoms with Gasteiger partial charge in [0.1, 0.15) is 6.04 Å². The standard InChI is InChI=1S/C16H17NO4S/c1-12-8-10-14(11-9-12)22(20,21)17(2)15(16(18)19)13-6-4-3-5-7-13/h3-11,15H,1-2H3,(H,18,19)/t15-/m1/s1. The fourth-order valence-electron chi connectivity index (χ4n) is 2.16. The maximum Gasteiger partial charge on any atom is 0.326 e. The molecule has 1 atom stereocenters. The molecule has 6 heteroatoms. The smallest absolute Gasteiger partial charge is 0.326 e. The number of aliphatic carboxylic acids is 1. The van der Waals surface area contributed by atoms with Crippen LogP contribution in [0.1, 0.15) is 17.2 Å². The first-order valence-corrected chi connectivity index (χ1v) is 8.10. The first-order chi connectivity index (χ1) is 10.3.